The molecule has 2 rings (SSSR count). The molecule has 1 heterocycles. The number of aliphatic hydroxyl groups is 1. The van der Waals surface area contributed by atoms with E-state index in [1.807, 2.05) is 0 Å². The number of aliphatic hydroxyl groups excluding tert-OH is 1. The van der Waals surface area contributed by atoms with Crippen molar-refractivity contribution in [2.24, 2.45) is 0 Å². The van der Waals surface area contributed by atoms with E-state index in [2.05, 4.69) is 35.2 Å². The number of aromatic nitrogens is 2. The van der Waals surface area contributed by atoms with Crippen LogP contribution in [0.25, 0.3) is 11.0 Å². The topological polar surface area (TPSA) is 41.3 Å². The van der Waals surface area contributed by atoms with Crippen molar-refractivity contribution in [1.82, 2.24) is 14.5 Å². The molecule has 4 nitrogen and oxygen atoms in total. The summed E-state index contributed by atoms with van der Waals surface area (Å²) in [5.74, 6) is 0.645. The highest BCUT2D eigenvalue weighted by Crippen LogP contribution is 2.19. The minimum atomic E-state index is -0.385. The smallest absolute Gasteiger partial charge is 0.125 e. The molecule has 0 amide bonds. The monoisotopic (exact) mass is 293 g/mol. The predicted molar refractivity (Wildman–Crippen MR) is 82.6 cm³/mol. The van der Waals surface area contributed by atoms with Crippen molar-refractivity contribution in [1.29, 1.82) is 0 Å². The number of hydrogen-bond acceptors (Lipinski definition) is 3. The van der Waals surface area contributed by atoms with Crippen LogP contribution in [-0.2, 0) is 13.1 Å². The third kappa shape index (κ3) is 3.60. The van der Waals surface area contributed by atoms with E-state index in [4.69, 9.17) is 0 Å². The van der Waals surface area contributed by atoms with E-state index in [1.165, 1.54) is 12.1 Å². The lowest BCUT2D eigenvalue weighted by Gasteiger charge is -2.27. The lowest BCUT2D eigenvalue weighted by Crippen LogP contribution is -2.36. The Bertz CT molecular complexity index is 607. The third-order valence-electron chi connectivity index (χ3n) is 3.68. The first kappa shape index (κ1) is 15.9. The van der Waals surface area contributed by atoms with E-state index < -0.39 is 0 Å². The van der Waals surface area contributed by atoms with Crippen molar-refractivity contribution >= 4 is 11.0 Å². The average Bonchev–Trinajstić information content (AvgIpc) is 2.73. The van der Waals surface area contributed by atoms with E-state index in [0.717, 1.165) is 17.9 Å². The van der Waals surface area contributed by atoms with E-state index >= 15 is 0 Å². The van der Waals surface area contributed by atoms with Crippen molar-refractivity contribution in [2.45, 2.75) is 52.9 Å². The van der Waals surface area contributed by atoms with Crippen LogP contribution in [0.15, 0.2) is 18.2 Å². The zero-order chi connectivity index (χ0) is 15.6. The van der Waals surface area contributed by atoms with Gasteiger partial charge in [0.25, 0.3) is 0 Å². The van der Waals surface area contributed by atoms with Gasteiger partial charge in [0.05, 0.1) is 23.7 Å². The minimum Gasteiger partial charge on any atom is -0.392 e. The number of aryl methyl sites for hydroxylation is 1. The van der Waals surface area contributed by atoms with Gasteiger partial charge in [-0.2, -0.15) is 0 Å². The molecule has 0 aliphatic carbocycles. The van der Waals surface area contributed by atoms with Gasteiger partial charge in [-0.15, -0.1) is 0 Å². The molecular formula is C16H24FN3O. The van der Waals surface area contributed by atoms with Gasteiger partial charge < -0.3 is 9.67 Å². The fourth-order valence-corrected chi connectivity index (χ4v) is 2.61. The summed E-state index contributed by atoms with van der Waals surface area (Å²) in [7, 11) is 0. The summed E-state index contributed by atoms with van der Waals surface area (Å²) < 4.78 is 15.5. The summed E-state index contributed by atoms with van der Waals surface area (Å²) in [5.41, 5.74) is 1.64. The molecule has 1 unspecified atom stereocenters. The second-order valence-corrected chi connectivity index (χ2v) is 5.78. The third-order valence-corrected chi connectivity index (χ3v) is 3.68. The number of imidazole rings is 1. The summed E-state index contributed by atoms with van der Waals surface area (Å²) in [4.78, 5) is 6.75. The largest absolute Gasteiger partial charge is 0.392 e. The number of benzene rings is 1. The molecule has 1 aromatic carbocycles. The van der Waals surface area contributed by atoms with Gasteiger partial charge in [0.1, 0.15) is 11.6 Å². The Morgan fingerprint density at radius 2 is 2.05 bits per heavy atom. The maximum atomic E-state index is 13.4. The zero-order valence-corrected chi connectivity index (χ0v) is 13.2. The van der Waals surface area contributed by atoms with E-state index in [-0.39, 0.29) is 11.9 Å². The fraction of sp³-hybridized carbons (Fsp3) is 0.562. The second kappa shape index (κ2) is 6.54. The summed E-state index contributed by atoms with van der Waals surface area (Å²) in [6.07, 6.45) is -0.385. The van der Waals surface area contributed by atoms with Crippen LogP contribution in [0.5, 0.6) is 0 Å². The maximum absolute atomic E-state index is 13.4. The van der Waals surface area contributed by atoms with Crippen LogP contribution in [0.3, 0.4) is 0 Å². The number of hydrogen-bond donors (Lipinski definition) is 1. The quantitative estimate of drug-likeness (QED) is 0.890. The van der Waals surface area contributed by atoms with Gasteiger partial charge >= 0.3 is 0 Å². The maximum Gasteiger partial charge on any atom is 0.125 e. The Kier molecular flexibility index (Phi) is 4.96. The Morgan fingerprint density at radius 1 is 1.33 bits per heavy atom. The number of fused-ring (bicyclic) bond motifs is 1. The van der Waals surface area contributed by atoms with Crippen molar-refractivity contribution in [3.05, 3.63) is 29.8 Å². The van der Waals surface area contributed by atoms with Gasteiger partial charge in [0.2, 0.25) is 0 Å². The molecule has 0 aliphatic rings. The molecule has 2 aromatic rings. The SMILES string of the molecule is CCn1c(CN(CC(C)O)C(C)C)nc2cc(F)ccc21. The molecule has 0 saturated heterocycles. The Labute approximate surface area is 125 Å². The molecule has 21 heavy (non-hydrogen) atoms. The van der Waals surface area contributed by atoms with Crippen molar-refractivity contribution in [3.8, 4) is 0 Å². The zero-order valence-electron chi connectivity index (χ0n) is 13.2. The van der Waals surface area contributed by atoms with Crippen LogP contribution in [0.2, 0.25) is 0 Å². The van der Waals surface area contributed by atoms with Gasteiger partial charge in [-0.1, -0.05) is 0 Å². The molecule has 0 spiro atoms. The molecule has 0 saturated carbocycles. The Balaban J connectivity index is 2.36. The lowest BCUT2D eigenvalue weighted by atomic mass is 10.2. The van der Waals surface area contributed by atoms with Crippen LogP contribution in [0.4, 0.5) is 4.39 Å². The molecule has 0 radical (unpaired) electrons. The van der Waals surface area contributed by atoms with Crippen LogP contribution in [-0.4, -0.2) is 38.2 Å². The van der Waals surface area contributed by atoms with Gasteiger partial charge in [-0.3, -0.25) is 4.90 Å². The molecular weight excluding hydrogens is 269 g/mol. The van der Waals surface area contributed by atoms with Crippen LogP contribution < -0.4 is 0 Å². The molecule has 116 valence electrons. The average molecular weight is 293 g/mol. The molecule has 1 N–H and O–H groups in total. The van der Waals surface area contributed by atoms with E-state index in [0.29, 0.717) is 24.6 Å². The standard InChI is InChI=1S/C16H24FN3O/c1-5-20-15-7-6-13(17)8-14(15)18-16(20)10-19(11(2)3)9-12(4)21/h6-8,11-12,21H,5,9-10H2,1-4H3. The van der Waals surface area contributed by atoms with E-state index in [9.17, 15) is 9.50 Å². The Hall–Kier alpha value is -1.46. The minimum absolute atomic E-state index is 0.264. The fourth-order valence-electron chi connectivity index (χ4n) is 2.61. The first-order valence-corrected chi connectivity index (χ1v) is 7.49. The number of nitrogens with zero attached hydrogens (tertiary/aromatic N) is 3. The second-order valence-electron chi connectivity index (χ2n) is 5.78. The first-order chi connectivity index (χ1) is 9.92. The van der Waals surface area contributed by atoms with Crippen LogP contribution in [0, 0.1) is 5.82 Å². The van der Waals surface area contributed by atoms with E-state index in [1.54, 1.807) is 13.0 Å². The molecule has 1 aromatic heterocycles. The van der Waals surface area contributed by atoms with Gasteiger partial charge in [-0.25, -0.2) is 9.37 Å². The van der Waals surface area contributed by atoms with Gasteiger partial charge in [0, 0.05) is 25.2 Å². The lowest BCUT2D eigenvalue weighted by molar-refractivity contribution is 0.100. The molecule has 5 heteroatoms. The molecule has 0 fully saturated rings. The summed E-state index contributed by atoms with van der Waals surface area (Å²) in [6.45, 7) is 10.1. The van der Waals surface area contributed by atoms with Crippen LogP contribution in [0.1, 0.15) is 33.5 Å². The normalized spacial score (nSPS) is 13.5. The molecule has 0 bridgehead atoms. The van der Waals surface area contributed by atoms with Crippen molar-refractivity contribution in [3.63, 3.8) is 0 Å². The highest BCUT2D eigenvalue weighted by molar-refractivity contribution is 5.76. The summed E-state index contributed by atoms with van der Waals surface area (Å²) in [6, 6.07) is 5.02. The van der Waals surface area contributed by atoms with Crippen molar-refractivity contribution in [2.75, 3.05) is 6.54 Å². The predicted octanol–water partition coefficient (Wildman–Crippen LogP) is 2.79. The Morgan fingerprint density at radius 3 is 2.62 bits per heavy atom. The summed E-state index contributed by atoms with van der Waals surface area (Å²) in [5, 5.41) is 9.63. The van der Waals surface area contributed by atoms with Gasteiger partial charge in [-0.05, 0) is 39.8 Å². The number of rotatable bonds is 6. The number of halogens is 1. The molecule has 1 atom stereocenters. The van der Waals surface area contributed by atoms with Crippen molar-refractivity contribution < 1.29 is 9.50 Å². The summed E-state index contributed by atoms with van der Waals surface area (Å²) >= 11 is 0. The molecule has 0 aliphatic heterocycles. The highest BCUT2D eigenvalue weighted by atomic mass is 19.1. The first-order valence-electron chi connectivity index (χ1n) is 7.49. The van der Waals surface area contributed by atoms with Gasteiger partial charge in [0.15, 0.2) is 0 Å². The highest BCUT2D eigenvalue weighted by Gasteiger charge is 2.17. The van der Waals surface area contributed by atoms with Crippen LogP contribution >= 0.6 is 0 Å².